The van der Waals surface area contributed by atoms with Crippen LogP contribution in [0.2, 0.25) is 0 Å². The van der Waals surface area contributed by atoms with Gasteiger partial charge in [0.15, 0.2) is 0 Å². The minimum atomic E-state index is 0.324. The van der Waals surface area contributed by atoms with Gasteiger partial charge in [0.1, 0.15) is 0 Å². The molecule has 1 aliphatic rings. The minimum absolute atomic E-state index is 0.324. The maximum absolute atomic E-state index is 12.2. The molecular weight excluding hydrogens is 224 g/mol. The van der Waals surface area contributed by atoms with E-state index in [1.165, 1.54) is 19.3 Å². The normalized spacial score (nSPS) is 21.6. The molecule has 1 heterocycles. The van der Waals surface area contributed by atoms with Gasteiger partial charge in [0.05, 0.1) is 0 Å². The number of likely N-dealkylation sites (tertiary alicyclic amines) is 1. The molecule has 2 atom stereocenters. The molecular formula is C15H30N2O. The second kappa shape index (κ2) is 7.78. The molecule has 0 aromatic carbocycles. The van der Waals surface area contributed by atoms with Crippen LogP contribution in [-0.2, 0) is 4.79 Å². The van der Waals surface area contributed by atoms with Crippen molar-refractivity contribution in [2.45, 2.75) is 52.9 Å². The van der Waals surface area contributed by atoms with Crippen molar-refractivity contribution in [3.05, 3.63) is 0 Å². The Balaban J connectivity index is 2.36. The van der Waals surface area contributed by atoms with Crippen molar-refractivity contribution in [1.29, 1.82) is 0 Å². The largest absolute Gasteiger partial charge is 0.342 e. The molecule has 1 fully saturated rings. The molecule has 0 aromatic rings. The fourth-order valence-electron chi connectivity index (χ4n) is 3.01. The van der Waals surface area contributed by atoms with Gasteiger partial charge in [0, 0.05) is 19.5 Å². The number of nitrogens with two attached hydrogens (primary N) is 1. The molecule has 2 N–H and O–H groups in total. The maximum Gasteiger partial charge on any atom is 0.222 e. The first-order valence-electron chi connectivity index (χ1n) is 7.54. The summed E-state index contributed by atoms with van der Waals surface area (Å²) in [5, 5.41) is 0. The maximum atomic E-state index is 12.2. The van der Waals surface area contributed by atoms with E-state index in [1.807, 2.05) is 0 Å². The second-order valence-electron chi connectivity index (χ2n) is 6.22. The quantitative estimate of drug-likeness (QED) is 0.759. The molecule has 0 radical (unpaired) electrons. The van der Waals surface area contributed by atoms with Crippen LogP contribution in [0, 0.1) is 17.8 Å². The zero-order valence-corrected chi connectivity index (χ0v) is 12.3. The first-order valence-corrected chi connectivity index (χ1v) is 7.54. The highest BCUT2D eigenvalue weighted by Crippen LogP contribution is 2.23. The van der Waals surface area contributed by atoms with Gasteiger partial charge in [0.25, 0.3) is 0 Å². The Morgan fingerprint density at radius 2 is 2.17 bits per heavy atom. The smallest absolute Gasteiger partial charge is 0.222 e. The van der Waals surface area contributed by atoms with Crippen LogP contribution in [0.25, 0.3) is 0 Å². The third kappa shape index (κ3) is 4.97. The predicted octanol–water partition coefficient (Wildman–Crippen LogP) is 2.65. The first-order chi connectivity index (χ1) is 8.56. The first kappa shape index (κ1) is 15.5. The number of rotatable bonds is 7. The lowest BCUT2D eigenvalue weighted by atomic mass is 9.94. The van der Waals surface area contributed by atoms with Crippen LogP contribution in [0.1, 0.15) is 52.9 Å². The summed E-state index contributed by atoms with van der Waals surface area (Å²) in [5.41, 5.74) is 5.77. The van der Waals surface area contributed by atoms with Crippen LogP contribution in [-0.4, -0.2) is 30.4 Å². The minimum Gasteiger partial charge on any atom is -0.342 e. The monoisotopic (exact) mass is 254 g/mol. The zero-order valence-electron chi connectivity index (χ0n) is 12.3. The van der Waals surface area contributed by atoms with Gasteiger partial charge in [-0.1, -0.05) is 27.2 Å². The van der Waals surface area contributed by atoms with E-state index in [0.717, 1.165) is 25.4 Å². The Labute approximate surface area is 112 Å². The van der Waals surface area contributed by atoms with E-state index in [4.69, 9.17) is 5.73 Å². The average Bonchev–Trinajstić information content (AvgIpc) is 2.76. The van der Waals surface area contributed by atoms with Crippen LogP contribution in [0.15, 0.2) is 0 Å². The molecule has 1 rings (SSSR count). The van der Waals surface area contributed by atoms with Gasteiger partial charge >= 0.3 is 0 Å². The second-order valence-corrected chi connectivity index (χ2v) is 6.22. The van der Waals surface area contributed by atoms with Crippen molar-refractivity contribution in [3.8, 4) is 0 Å². The molecule has 1 aliphatic heterocycles. The summed E-state index contributed by atoms with van der Waals surface area (Å²) in [4.78, 5) is 14.3. The Hall–Kier alpha value is -0.570. The van der Waals surface area contributed by atoms with Crippen LogP contribution in [0.3, 0.4) is 0 Å². The summed E-state index contributed by atoms with van der Waals surface area (Å²) in [6.45, 7) is 9.18. The summed E-state index contributed by atoms with van der Waals surface area (Å²) in [7, 11) is 0. The van der Waals surface area contributed by atoms with E-state index in [-0.39, 0.29) is 0 Å². The molecule has 3 heteroatoms. The van der Waals surface area contributed by atoms with Crippen molar-refractivity contribution in [2.24, 2.45) is 23.5 Å². The standard InChI is InChI=1S/C15H30N2O/c1-4-5-13-6-7-17(11-13)15(18)9-14(10-16)8-12(2)3/h12-14H,4-11,16H2,1-3H3. The highest BCUT2D eigenvalue weighted by Gasteiger charge is 2.26. The van der Waals surface area contributed by atoms with Gasteiger partial charge in [0.2, 0.25) is 5.91 Å². The number of amides is 1. The SMILES string of the molecule is CCCC1CCN(C(=O)CC(CN)CC(C)C)C1. The van der Waals surface area contributed by atoms with Crippen LogP contribution < -0.4 is 5.73 Å². The average molecular weight is 254 g/mol. The van der Waals surface area contributed by atoms with Crippen molar-refractivity contribution in [2.75, 3.05) is 19.6 Å². The van der Waals surface area contributed by atoms with Gasteiger partial charge in [-0.3, -0.25) is 4.79 Å². The third-order valence-corrected chi connectivity index (χ3v) is 3.94. The Morgan fingerprint density at radius 1 is 1.44 bits per heavy atom. The Bertz CT molecular complexity index is 253. The Morgan fingerprint density at radius 3 is 2.72 bits per heavy atom. The van der Waals surface area contributed by atoms with Crippen LogP contribution in [0.5, 0.6) is 0 Å². The van der Waals surface area contributed by atoms with Crippen molar-refractivity contribution >= 4 is 5.91 Å². The highest BCUT2D eigenvalue weighted by molar-refractivity contribution is 5.76. The summed E-state index contributed by atoms with van der Waals surface area (Å²) in [6, 6.07) is 0. The fraction of sp³-hybridized carbons (Fsp3) is 0.933. The van der Waals surface area contributed by atoms with Gasteiger partial charge in [-0.2, -0.15) is 0 Å². The molecule has 0 saturated carbocycles. The molecule has 0 bridgehead atoms. The molecule has 0 aliphatic carbocycles. The molecule has 1 amide bonds. The number of hydrogen-bond donors (Lipinski definition) is 1. The number of nitrogens with zero attached hydrogens (tertiary/aromatic N) is 1. The highest BCUT2D eigenvalue weighted by atomic mass is 16.2. The Kier molecular flexibility index (Phi) is 6.69. The topological polar surface area (TPSA) is 46.3 Å². The summed E-state index contributed by atoms with van der Waals surface area (Å²) in [5.74, 6) is 2.05. The molecule has 0 aromatic heterocycles. The lowest BCUT2D eigenvalue weighted by Crippen LogP contribution is -2.32. The van der Waals surface area contributed by atoms with E-state index >= 15 is 0 Å². The van der Waals surface area contributed by atoms with Gasteiger partial charge in [-0.05, 0) is 43.6 Å². The van der Waals surface area contributed by atoms with Gasteiger partial charge in [-0.25, -0.2) is 0 Å². The lowest BCUT2D eigenvalue weighted by molar-refractivity contribution is -0.131. The van der Waals surface area contributed by atoms with E-state index in [9.17, 15) is 4.79 Å². The van der Waals surface area contributed by atoms with E-state index in [2.05, 4.69) is 25.7 Å². The number of hydrogen-bond acceptors (Lipinski definition) is 2. The van der Waals surface area contributed by atoms with Crippen molar-refractivity contribution in [3.63, 3.8) is 0 Å². The summed E-state index contributed by atoms with van der Waals surface area (Å²) < 4.78 is 0. The zero-order chi connectivity index (χ0) is 13.5. The lowest BCUT2D eigenvalue weighted by Gasteiger charge is -2.21. The molecule has 2 unspecified atom stereocenters. The molecule has 3 nitrogen and oxygen atoms in total. The number of carbonyl (C=O) groups excluding carboxylic acids is 1. The summed E-state index contributed by atoms with van der Waals surface area (Å²) >= 11 is 0. The van der Waals surface area contributed by atoms with E-state index in [1.54, 1.807) is 0 Å². The van der Waals surface area contributed by atoms with Crippen molar-refractivity contribution < 1.29 is 4.79 Å². The molecule has 0 spiro atoms. The van der Waals surface area contributed by atoms with Gasteiger partial charge < -0.3 is 10.6 Å². The van der Waals surface area contributed by atoms with E-state index in [0.29, 0.717) is 30.7 Å². The van der Waals surface area contributed by atoms with Crippen LogP contribution >= 0.6 is 0 Å². The third-order valence-electron chi connectivity index (χ3n) is 3.94. The number of carbonyl (C=O) groups is 1. The predicted molar refractivity (Wildman–Crippen MR) is 76.2 cm³/mol. The summed E-state index contributed by atoms with van der Waals surface area (Å²) in [6.07, 6.45) is 5.39. The van der Waals surface area contributed by atoms with Gasteiger partial charge in [-0.15, -0.1) is 0 Å². The van der Waals surface area contributed by atoms with E-state index < -0.39 is 0 Å². The molecule has 106 valence electrons. The van der Waals surface area contributed by atoms with Crippen molar-refractivity contribution in [1.82, 2.24) is 4.90 Å². The van der Waals surface area contributed by atoms with Crippen LogP contribution in [0.4, 0.5) is 0 Å². The fourth-order valence-corrected chi connectivity index (χ4v) is 3.01. The molecule has 18 heavy (non-hydrogen) atoms. The molecule has 1 saturated heterocycles.